The van der Waals surface area contributed by atoms with E-state index in [1.807, 2.05) is 99.6 Å². The quantitative estimate of drug-likeness (QED) is 0.0263. The van der Waals surface area contributed by atoms with Gasteiger partial charge in [-0.05, 0) is 242 Å². The number of rotatable bonds is 25. The van der Waals surface area contributed by atoms with Gasteiger partial charge in [0.05, 0.1) is 75.2 Å². The fourth-order valence-corrected chi connectivity index (χ4v) is 18.5. The van der Waals surface area contributed by atoms with E-state index in [1.54, 1.807) is 137 Å². The number of carbonyl (C=O) groups excluding carboxylic acids is 11. The van der Waals surface area contributed by atoms with Crippen LogP contribution >= 0.6 is 0 Å². The molecule has 1 unspecified atom stereocenters. The molecule has 4 fully saturated rings. The Morgan fingerprint density at radius 3 is 1.13 bits per heavy atom. The fourth-order valence-electron chi connectivity index (χ4n) is 18.5. The van der Waals surface area contributed by atoms with Gasteiger partial charge >= 0.3 is 65.7 Å². The summed E-state index contributed by atoms with van der Waals surface area (Å²) >= 11 is 0. The molecule has 1 aromatic rings. The molecule has 5 N–H and O–H groups in total. The van der Waals surface area contributed by atoms with Gasteiger partial charge < -0.3 is 96.6 Å². The van der Waals surface area contributed by atoms with Crippen LogP contribution in [-0.4, -0.2) is 200 Å². The zero-order valence-electron chi connectivity index (χ0n) is 82.7. The van der Waals surface area contributed by atoms with Gasteiger partial charge in [0.25, 0.3) is 0 Å². The number of allylic oxidation sites excluding steroid dienone is 7. The van der Waals surface area contributed by atoms with Crippen molar-refractivity contribution < 1.29 is 149 Å². The van der Waals surface area contributed by atoms with Gasteiger partial charge in [-0.1, -0.05) is 107 Å². The second kappa shape index (κ2) is 44.9. The van der Waals surface area contributed by atoms with Crippen LogP contribution in [0.1, 0.15) is 247 Å². The Morgan fingerprint density at radius 1 is 0.431 bits per heavy atom. The zero-order chi connectivity index (χ0) is 101. The molecule has 1 aromatic carbocycles. The van der Waals surface area contributed by atoms with Crippen molar-refractivity contribution in [2.75, 3.05) is 39.6 Å². The van der Waals surface area contributed by atoms with Crippen molar-refractivity contribution in [1.82, 2.24) is 0 Å². The van der Waals surface area contributed by atoms with Gasteiger partial charge in [0.2, 0.25) is 0 Å². The Kier molecular flexibility index (Phi) is 35.5. The summed E-state index contributed by atoms with van der Waals surface area (Å²) < 4.78 is 86.1. The highest BCUT2D eigenvalue weighted by Crippen LogP contribution is 2.54. The number of ether oxygens (including phenoxy) is 15. The Morgan fingerprint density at radius 2 is 0.759 bits per heavy atom. The number of benzene rings is 1. The van der Waals surface area contributed by atoms with E-state index in [-0.39, 0.29) is 147 Å². The Bertz CT molecular complexity index is 5350. The van der Waals surface area contributed by atoms with Gasteiger partial charge in [0.15, 0.2) is 11.6 Å². The van der Waals surface area contributed by atoms with Crippen molar-refractivity contribution in [3.05, 3.63) is 204 Å². The third-order valence-electron chi connectivity index (χ3n) is 28.0. The second-order valence-corrected chi connectivity index (χ2v) is 38.9. The van der Waals surface area contributed by atoms with Gasteiger partial charge in [-0.15, -0.1) is 0 Å². The molecule has 0 aromatic heterocycles. The molecule has 0 saturated carbocycles. The highest BCUT2D eigenvalue weighted by Gasteiger charge is 2.58. The molecule has 0 radical (unpaired) electrons. The van der Waals surface area contributed by atoms with Crippen LogP contribution < -0.4 is 0 Å². The molecule has 8 bridgehead atoms. The first-order valence-electron chi connectivity index (χ1n) is 47.1. The second-order valence-electron chi connectivity index (χ2n) is 38.9. The van der Waals surface area contributed by atoms with Gasteiger partial charge in [-0.25, -0.2) is 47.9 Å². The molecule has 137 heavy (non-hydrogen) atoms. The monoisotopic (exact) mass is 1900 g/mol. The van der Waals surface area contributed by atoms with E-state index in [4.69, 9.17) is 71.1 Å². The molecule has 0 spiro atoms. The van der Waals surface area contributed by atoms with E-state index >= 15 is 0 Å². The predicted molar refractivity (Wildman–Crippen MR) is 499 cm³/mol. The summed E-state index contributed by atoms with van der Waals surface area (Å²) in [4.78, 5) is 139. The maximum Gasteiger partial charge on any atom is 0.343 e. The molecule has 746 valence electrons. The lowest BCUT2D eigenvalue weighted by Gasteiger charge is -2.36. The SMILES string of the molecule is C/C=C(\C)C(=O)OCC1=C2/C(=C\[C@@]3(C)CC[C@@](CO)(O3)[C@H](C)C[C@@H]2OC(=O)/C(C)=C/C)OC1=O.C/C=C(\C)C(=O)OCC1=C2/C(=C\[C@@]3(C)CC[C@@](O)(O3)[C@H](C)C[C@@H]2OC(=O)/C(C)=C/C)OC1=O.C/C=C(\C)C(=O)O[C@H]1C[C@@H](C)[C@@]2(CO)CC[C@](C)(/C=C3/OC(=O)C(COC(=O)/C=C/c4ccccc4)=C31)O2.CC(C)=CCCC(C)CC(=O)OCC1=C2/C(=C\[C@@]3(C)CC[C@@](O)(O3)[C@H](C)C[C@@H]2O)OC1=O. The molecule has 12 heterocycles. The summed E-state index contributed by atoms with van der Waals surface area (Å²) in [5.74, 6) is -9.29. The largest absolute Gasteiger partial charge is 0.460 e. The number of hydrogen-bond donors (Lipinski definition) is 5. The molecular formula is C106H136O31. The van der Waals surface area contributed by atoms with E-state index in [1.165, 1.54) is 11.6 Å². The van der Waals surface area contributed by atoms with E-state index in [0.29, 0.717) is 102 Å². The fraction of sp³-hybridized carbons (Fsp3) is 0.557. The molecule has 12 aliphatic heterocycles. The maximum atomic E-state index is 13.0. The molecule has 0 amide bonds. The highest BCUT2D eigenvalue weighted by molar-refractivity contribution is 6.00. The maximum absolute atomic E-state index is 13.0. The predicted octanol–water partition coefficient (Wildman–Crippen LogP) is 14.8. The molecule has 13 rings (SSSR count). The minimum Gasteiger partial charge on any atom is -0.460 e. The molecule has 31 nitrogen and oxygen atoms in total. The number of aliphatic hydroxyl groups is 5. The van der Waals surface area contributed by atoms with Gasteiger partial charge in [0, 0.05) is 87.3 Å². The summed E-state index contributed by atoms with van der Waals surface area (Å²) in [7, 11) is 0. The molecule has 0 aliphatic carbocycles. The van der Waals surface area contributed by atoms with Crippen LogP contribution in [-0.2, 0) is 124 Å². The third-order valence-corrected chi connectivity index (χ3v) is 28.0. The molecule has 12 aliphatic rings. The van der Waals surface area contributed by atoms with E-state index < -0.39 is 135 Å². The van der Waals surface area contributed by atoms with Crippen LogP contribution in [0.15, 0.2) is 198 Å². The number of hydrogen-bond acceptors (Lipinski definition) is 31. The number of aliphatic hydroxyl groups excluding tert-OH is 3. The lowest BCUT2D eigenvalue weighted by molar-refractivity contribution is -0.239. The molecule has 17 atom stereocenters. The highest BCUT2D eigenvalue weighted by atomic mass is 16.7. The lowest BCUT2D eigenvalue weighted by Crippen LogP contribution is -2.43. The third kappa shape index (κ3) is 25.6. The molecule has 4 saturated heterocycles. The van der Waals surface area contributed by atoms with Crippen LogP contribution in [0, 0.1) is 29.6 Å². The summed E-state index contributed by atoms with van der Waals surface area (Å²) in [5, 5.41) is 53.5. The van der Waals surface area contributed by atoms with Crippen LogP contribution in [0.2, 0.25) is 0 Å². The first-order chi connectivity index (χ1) is 64.4. The normalized spacial score (nSPS) is 33.0. The Labute approximate surface area is 801 Å². The van der Waals surface area contributed by atoms with Crippen LogP contribution in [0.25, 0.3) is 6.08 Å². The summed E-state index contributed by atoms with van der Waals surface area (Å²) in [6.45, 7) is 36.1. The van der Waals surface area contributed by atoms with Crippen LogP contribution in [0.5, 0.6) is 0 Å². The summed E-state index contributed by atoms with van der Waals surface area (Å²) in [6, 6.07) is 9.28. The minimum atomic E-state index is -1.41. The lowest BCUT2D eigenvalue weighted by atomic mass is 9.80. The van der Waals surface area contributed by atoms with Crippen molar-refractivity contribution in [2.24, 2.45) is 29.6 Å². The van der Waals surface area contributed by atoms with Crippen molar-refractivity contribution in [1.29, 1.82) is 0 Å². The van der Waals surface area contributed by atoms with Crippen molar-refractivity contribution >= 4 is 71.7 Å². The first-order valence-corrected chi connectivity index (χ1v) is 47.1. The van der Waals surface area contributed by atoms with Crippen molar-refractivity contribution in [2.45, 2.75) is 311 Å². The number of fused-ring (bicyclic) bond motifs is 12. The Hall–Kier alpha value is -10.9. The van der Waals surface area contributed by atoms with Gasteiger partial charge in [-0.3, -0.25) is 4.79 Å². The van der Waals surface area contributed by atoms with E-state index in [9.17, 15) is 78.3 Å². The average molecular weight is 1910 g/mol. The molecular weight excluding hydrogens is 1770 g/mol. The topological polar surface area (TPSA) is 427 Å². The van der Waals surface area contributed by atoms with E-state index in [2.05, 4.69) is 6.08 Å². The molecule has 31 heteroatoms. The van der Waals surface area contributed by atoms with Crippen molar-refractivity contribution in [3.8, 4) is 0 Å². The standard InChI is InChI=1S/C30H34O8.C26H34O8.C25H32O8.C25H36O7/c1-5-19(2)27(33)36-23-15-20(3)30(18-31)14-13-29(4,38-30)16-24-26(23)22(28(34)37-24)17-35-25(32)12-11-21-9-7-6-8-10-21;1-7-15(3)22(28)31-13-18-21-19(32-23(29)16(4)8-2)11-17(5)26(14-27)10-9-25(6,34-26)12-20(21)33-24(18)30;1-7-14(3)21(26)30-13-17-20-18(31-22(27)15(4)8-2)11-16(5)25(29)10-9-24(6,33-25)12-19(20)32-23(17)28;1-15(2)7-6-8-16(3)11-21(27)30-14-18-22-19(26)12-17(4)25(29)10-9-24(5,32-25)13-20(22)31-23(18)28/h5-12,16,20,23,31H,13-15,17-18H2,1-4H3;7-8,12,17,19,27H,9-11,13-14H2,1-6H3;7-8,12,16,18,29H,9-11,13H2,1-6H3;7,13,16-17,19,26,29H,6,8-12,14H2,1-5H3/b12-11+,19-5+,24-16+;15-7+,16-8+,20-12+;14-7+,15-8+,19-12+;20-13+/t20-,23+,29-,30+;17-,19+,25-,26+;16-,18+,24-,25-;16?,17-,19+,24-,25-/m1111/s1. The summed E-state index contributed by atoms with van der Waals surface area (Å²) in [6.07, 6.45) is 23.6. The smallest absolute Gasteiger partial charge is 0.343 e. The average Bonchev–Trinajstić information content (AvgIpc) is 1.65. The van der Waals surface area contributed by atoms with Crippen LogP contribution in [0.3, 0.4) is 0 Å². The first kappa shape index (κ1) is 108. The van der Waals surface area contributed by atoms with Gasteiger partial charge in [-0.2, -0.15) is 0 Å². The number of esters is 11. The van der Waals surface area contributed by atoms with Gasteiger partial charge in [0.1, 0.15) is 67.8 Å². The zero-order valence-corrected chi connectivity index (χ0v) is 82.7. The number of carbonyl (C=O) groups is 11. The van der Waals surface area contributed by atoms with E-state index in [0.717, 1.165) is 18.4 Å². The minimum absolute atomic E-state index is 0.106. The van der Waals surface area contributed by atoms with Crippen molar-refractivity contribution in [3.63, 3.8) is 0 Å². The van der Waals surface area contributed by atoms with Crippen LogP contribution in [0.4, 0.5) is 0 Å². The summed E-state index contributed by atoms with van der Waals surface area (Å²) in [5.41, 5.74) is 1.10. The Balaban J connectivity index is 0.000000189.